The van der Waals surface area contributed by atoms with Gasteiger partial charge in [0.15, 0.2) is 5.58 Å². The molecule has 1 aliphatic carbocycles. The van der Waals surface area contributed by atoms with E-state index < -0.39 is 5.76 Å². The van der Waals surface area contributed by atoms with Crippen LogP contribution in [-0.2, 0) is 4.74 Å². The molecule has 2 fully saturated rings. The number of hydrogen-bond donors (Lipinski definition) is 1. The first-order valence-corrected chi connectivity index (χ1v) is 11.0. The number of cyclic esters (lactones) is 1. The van der Waals surface area contributed by atoms with Gasteiger partial charge in [-0.05, 0) is 68.5 Å². The predicted molar refractivity (Wildman–Crippen MR) is 118 cm³/mol. The van der Waals surface area contributed by atoms with Gasteiger partial charge >= 0.3 is 11.8 Å². The highest BCUT2D eigenvalue weighted by atomic mass is 19.1. The third-order valence-electron chi connectivity index (χ3n) is 6.74. The summed E-state index contributed by atoms with van der Waals surface area (Å²) in [4.78, 5) is 30.3. The van der Waals surface area contributed by atoms with Crippen LogP contribution < -0.4 is 10.7 Å². The first-order valence-electron chi connectivity index (χ1n) is 11.0. The number of aromatic amines is 1. The van der Waals surface area contributed by atoms with Gasteiger partial charge in [0.05, 0.1) is 17.7 Å². The second-order valence-corrected chi connectivity index (χ2v) is 8.81. The van der Waals surface area contributed by atoms with Crippen molar-refractivity contribution in [2.24, 2.45) is 0 Å². The number of likely N-dealkylation sites (N-methyl/N-ethyl adjacent to an activating group) is 1. The van der Waals surface area contributed by atoms with Gasteiger partial charge < -0.3 is 9.15 Å². The molecule has 2 aromatic carbocycles. The molecular weight excluding hydrogens is 413 g/mol. The molecule has 1 aromatic heterocycles. The minimum absolute atomic E-state index is 0.195. The lowest BCUT2D eigenvalue weighted by atomic mass is 9.81. The van der Waals surface area contributed by atoms with Gasteiger partial charge in [-0.1, -0.05) is 12.1 Å². The number of nitrogens with one attached hydrogen (secondary N) is 1. The molecule has 0 bridgehead atoms. The maximum atomic E-state index is 13.2. The molecule has 5 rings (SSSR count). The number of benzene rings is 2. The quantitative estimate of drug-likeness (QED) is 0.643. The van der Waals surface area contributed by atoms with E-state index in [-0.39, 0.29) is 18.0 Å². The first-order chi connectivity index (χ1) is 15.5. The summed E-state index contributed by atoms with van der Waals surface area (Å²) in [5, 5.41) is 0. The summed E-state index contributed by atoms with van der Waals surface area (Å²) in [7, 11) is 2.08. The molecule has 2 heterocycles. The van der Waals surface area contributed by atoms with Gasteiger partial charge in [0.2, 0.25) is 0 Å². The maximum Gasteiger partial charge on any atom is 0.417 e. The number of hydrogen-bond acceptors (Lipinski definition) is 5. The Hall–Kier alpha value is -3.13. The topological polar surface area (TPSA) is 78.8 Å². The number of nitrogens with zero attached hydrogens (tertiary/aromatic N) is 2. The highest BCUT2D eigenvalue weighted by Crippen LogP contribution is 2.35. The number of carbonyl (C=O) groups is 1. The third-order valence-corrected chi connectivity index (χ3v) is 6.74. The Kier molecular flexibility index (Phi) is 5.46. The van der Waals surface area contributed by atoms with Crippen LogP contribution in [0.1, 0.15) is 37.2 Å². The number of aromatic nitrogens is 1. The molecule has 1 saturated heterocycles. The fourth-order valence-electron chi connectivity index (χ4n) is 4.98. The summed E-state index contributed by atoms with van der Waals surface area (Å²) >= 11 is 0. The number of amides is 1. The average molecular weight is 439 g/mol. The van der Waals surface area contributed by atoms with Crippen molar-refractivity contribution < 1.29 is 18.3 Å². The molecule has 0 radical (unpaired) electrons. The van der Waals surface area contributed by atoms with Crippen molar-refractivity contribution in [3.8, 4) is 0 Å². The Bertz CT molecular complexity index is 1160. The van der Waals surface area contributed by atoms with Gasteiger partial charge in [0.1, 0.15) is 11.9 Å². The number of fused-ring (bicyclic) bond motifs is 1. The molecular formula is C24H26FN3O4. The van der Waals surface area contributed by atoms with Crippen molar-refractivity contribution in [3.63, 3.8) is 0 Å². The summed E-state index contributed by atoms with van der Waals surface area (Å²) in [6.45, 7) is 1.11. The van der Waals surface area contributed by atoms with E-state index in [1.807, 2.05) is 12.1 Å². The van der Waals surface area contributed by atoms with Gasteiger partial charge in [-0.15, -0.1) is 0 Å². The van der Waals surface area contributed by atoms with E-state index in [2.05, 4.69) is 16.9 Å². The molecule has 168 valence electrons. The van der Waals surface area contributed by atoms with Crippen LogP contribution in [0.2, 0.25) is 0 Å². The molecule has 7 nitrogen and oxygen atoms in total. The van der Waals surface area contributed by atoms with Crippen molar-refractivity contribution in [1.82, 2.24) is 9.88 Å². The van der Waals surface area contributed by atoms with Gasteiger partial charge in [-0.2, -0.15) is 0 Å². The lowest BCUT2D eigenvalue weighted by Gasteiger charge is -2.35. The van der Waals surface area contributed by atoms with E-state index in [9.17, 15) is 14.0 Å². The molecule has 8 heteroatoms. The smallest absolute Gasteiger partial charge is 0.417 e. The minimum Gasteiger partial charge on any atom is -0.443 e. The molecule has 1 saturated carbocycles. The highest BCUT2D eigenvalue weighted by molar-refractivity contribution is 5.92. The summed E-state index contributed by atoms with van der Waals surface area (Å²) in [6.07, 6.45) is 3.65. The summed E-state index contributed by atoms with van der Waals surface area (Å²) < 4.78 is 23.9. The number of halogens is 1. The number of ether oxygens (including phenoxy) is 1. The zero-order valence-electron chi connectivity index (χ0n) is 17.9. The molecule has 3 aromatic rings. The number of anilines is 1. The molecule has 32 heavy (non-hydrogen) atoms. The minimum atomic E-state index is -0.519. The summed E-state index contributed by atoms with van der Waals surface area (Å²) in [5.74, 6) is -0.238. The van der Waals surface area contributed by atoms with E-state index in [4.69, 9.17) is 9.15 Å². The monoisotopic (exact) mass is 439 g/mol. The number of carbonyl (C=O) groups excluding carboxylic acids is 1. The van der Waals surface area contributed by atoms with Crippen molar-refractivity contribution >= 4 is 22.9 Å². The number of H-pyrrole nitrogens is 1. The molecule has 0 spiro atoms. The standard InChI is InChI=1S/C24H26FN3O4/c1-27(18-8-4-16(5-9-18)15-2-6-17(25)7-3-15)13-20-14-28(24(30)31-20)19-10-11-21-22(12-19)32-23(29)26-21/h2-3,6-7,10-12,16,18,20H,4-5,8-9,13-14H2,1H3,(H,26,29). The van der Waals surface area contributed by atoms with Crippen LogP contribution in [0.25, 0.3) is 11.1 Å². The second-order valence-electron chi connectivity index (χ2n) is 8.81. The number of rotatable bonds is 5. The van der Waals surface area contributed by atoms with E-state index in [1.165, 1.54) is 17.7 Å². The van der Waals surface area contributed by atoms with E-state index in [1.54, 1.807) is 23.1 Å². The van der Waals surface area contributed by atoms with E-state index in [0.717, 1.165) is 25.7 Å². The van der Waals surface area contributed by atoms with Crippen LogP contribution in [0.5, 0.6) is 0 Å². The van der Waals surface area contributed by atoms with Crippen LogP contribution >= 0.6 is 0 Å². The van der Waals surface area contributed by atoms with Crippen molar-refractivity contribution in [2.75, 3.05) is 25.0 Å². The van der Waals surface area contributed by atoms with Gasteiger partial charge in [-0.3, -0.25) is 14.8 Å². The zero-order valence-corrected chi connectivity index (χ0v) is 17.9. The summed E-state index contributed by atoms with van der Waals surface area (Å²) in [6, 6.07) is 12.5. The normalized spacial score (nSPS) is 23.8. The lowest BCUT2D eigenvalue weighted by molar-refractivity contribution is 0.0912. The Labute approximate surface area is 184 Å². The van der Waals surface area contributed by atoms with Gasteiger partial charge in [0, 0.05) is 18.7 Å². The molecule has 1 amide bonds. The lowest BCUT2D eigenvalue weighted by Crippen LogP contribution is -2.40. The Morgan fingerprint density at radius 2 is 1.84 bits per heavy atom. The largest absolute Gasteiger partial charge is 0.443 e. The van der Waals surface area contributed by atoms with Crippen molar-refractivity contribution in [3.05, 3.63) is 64.4 Å². The molecule has 1 N–H and O–H groups in total. The van der Waals surface area contributed by atoms with Crippen LogP contribution in [0.15, 0.2) is 51.7 Å². The summed E-state index contributed by atoms with van der Waals surface area (Å²) in [5.41, 5.74) is 2.87. The Morgan fingerprint density at radius 1 is 1.09 bits per heavy atom. The van der Waals surface area contributed by atoms with E-state index >= 15 is 0 Å². The second kappa shape index (κ2) is 8.43. The van der Waals surface area contributed by atoms with Gasteiger partial charge in [-0.25, -0.2) is 14.0 Å². The van der Waals surface area contributed by atoms with Gasteiger partial charge in [0.25, 0.3) is 0 Å². The number of oxazole rings is 1. The molecule has 1 unspecified atom stereocenters. The van der Waals surface area contributed by atoms with Crippen LogP contribution in [0.4, 0.5) is 14.9 Å². The van der Waals surface area contributed by atoms with Crippen LogP contribution in [0.3, 0.4) is 0 Å². The fraction of sp³-hybridized carbons (Fsp3) is 0.417. The fourth-order valence-corrected chi connectivity index (χ4v) is 4.98. The molecule has 1 atom stereocenters. The predicted octanol–water partition coefficient (Wildman–Crippen LogP) is 4.24. The highest BCUT2D eigenvalue weighted by Gasteiger charge is 2.35. The van der Waals surface area contributed by atoms with Crippen molar-refractivity contribution in [2.45, 2.75) is 43.7 Å². The zero-order chi connectivity index (χ0) is 22.2. The van der Waals surface area contributed by atoms with Crippen LogP contribution in [0, 0.1) is 5.82 Å². The Morgan fingerprint density at radius 3 is 2.59 bits per heavy atom. The van der Waals surface area contributed by atoms with E-state index in [0.29, 0.717) is 41.8 Å². The maximum absolute atomic E-state index is 13.2. The molecule has 2 aliphatic rings. The van der Waals surface area contributed by atoms with Crippen molar-refractivity contribution in [1.29, 1.82) is 0 Å². The SMILES string of the molecule is CN(CC1CN(c2ccc3[nH]c(=O)oc3c2)C(=O)O1)C1CCC(c2ccc(F)cc2)CC1. The average Bonchev–Trinajstić information content (AvgIpc) is 3.34. The Balaban J connectivity index is 1.17. The molecule has 1 aliphatic heterocycles. The van der Waals surface area contributed by atoms with Crippen LogP contribution in [-0.4, -0.2) is 48.3 Å². The first kappa shape index (κ1) is 20.8. The third kappa shape index (κ3) is 4.14.